The Morgan fingerprint density at radius 3 is 2.48 bits per heavy atom. The fourth-order valence-corrected chi connectivity index (χ4v) is 8.60. The number of nitrogens with zero attached hydrogens (tertiary/aromatic N) is 8. The number of rotatable bonds is 9. The third-order valence-electron chi connectivity index (χ3n) is 10.0. The number of carbonyl (C=O) groups excluding carboxylic acids is 2. The van der Waals surface area contributed by atoms with Crippen LogP contribution in [-0.2, 0) is 9.53 Å². The van der Waals surface area contributed by atoms with E-state index in [9.17, 15) is 14.9 Å². The topological polar surface area (TPSA) is 187 Å². The van der Waals surface area contributed by atoms with Gasteiger partial charge < -0.3 is 30.9 Å². The molecule has 3 aliphatic rings. The van der Waals surface area contributed by atoms with E-state index in [1.807, 2.05) is 39.0 Å². The summed E-state index contributed by atoms with van der Waals surface area (Å²) in [6.07, 6.45) is 9.02. The van der Waals surface area contributed by atoms with Crippen molar-refractivity contribution in [2.24, 2.45) is 11.8 Å². The molecule has 7 rings (SSSR count). The van der Waals surface area contributed by atoms with Gasteiger partial charge in [-0.1, -0.05) is 24.2 Å². The molecular formula is C36H46N12O3S. The highest BCUT2D eigenvalue weighted by Gasteiger charge is 2.43. The van der Waals surface area contributed by atoms with Crippen LogP contribution < -0.4 is 26.2 Å². The maximum absolute atomic E-state index is 12.6. The van der Waals surface area contributed by atoms with Crippen molar-refractivity contribution in [1.82, 2.24) is 40.4 Å². The predicted octanol–water partition coefficient (Wildman–Crippen LogP) is 5.23. The van der Waals surface area contributed by atoms with Crippen LogP contribution in [0, 0.1) is 23.2 Å². The van der Waals surface area contributed by atoms with Gasteiger partial charge in [-0.15, -0.1) is 15.3 Å². The normalized spacial score (nSPS) is 23.5. The number of anilines is 3. The molecule has 1 aliphatic heterocycles. The van der Waals surface area contributed by atoms with Crippen LogP contribution in [0.4, 0.5) is 21.6 Å². The molecule has 52 heavy (non-hydrogen) atoms. The Morgan fingerprint density at radius 1 is 1.02 bits per heavy atom. The van der Waals surface area contributed by atoms with Crippen molar-refractivity contribution in [3.05, 3.63) is 30.6 Å². The maximum atomic E-state index is 12.6. The van der Waals surface area contributed by atoms with Crippen LogP contribution >= 0.6 is 11.3 Å². The average Bonchev–Trinajstić information content (AvgIpc) is 3.80. The molecule has 16 heteroatoms. The van der Waals surface area contributed by atoms with Gasteiger partial charge in [0.15, 0.2) is 5.01 Å². The number of nitrogens with one attached hydrogen (secondary N) is 4. The van der Waals surface area contributed by atoms with Crippen LogP contribution in [0.25, 0.3) is 27.5 Å². The molecule has 2 bridgehead atoms. The Balaban J connectivity index is 1.12. The number of amides is 2. The van der Waals surface area contributed by atoms with Crippen LogP contribution in [-0.4, -0.2) is 84.6 Å². The minimum absolute atomic E-state index is 0.0242. The van der Waals surface area contributed by atoms with Crippen molar-refractivity contribution in [2.75, 3.05) is 28.6 Å². The van der Waals surface area contributed by atoms with Crippen LogP contribution in [0.5, 0.6) is 0 Å². The van der Waals surface area contributed by atoms with E-state index in [1.54, 1.807) is 30.8 Å². The van der Waals surface area contributed by atoms with Crippen molar-refractivity contribution < 1.29 is 14.3 Å². The zero-order valence-electron chi connectivity index (χ0n) is 30.2. The van der Waals surface area contributed by atoms with Crippen LogP contribution in [0.15, 0.2) is 30.6 Å². The first-order valence-corrected chi connectivity index (χ1v) is 18.9. The standard InChI is InChI=1S/C36H46N12O3S/c1-20(15-37)40-28-14-29(38-17-25(28)32-44-45-34(52-32)47-18-22-10-11-23(19-47)31(22)41-21(2)49)30-13-12-24-16-39-33(46-48(24)30)42-26-8-6-7-9-27(26)43-35(50)51-36(3,4)5/h12-14,16-17,20,22-23,26-27,31H,6-11,18-19H2,1-5H3,(H,38,40)(H,41,49)(H,42,46)(H,43,50)/t20-,22-,23+,26-,27+,31?/m1/s1. The molecule has 0 spiro atoms. The molecule has 4 aromatic rings. The first kappa shape index (κ1) is 35.4. The number of ether oxygens (including phenoxy) is 1. The molecule has 2 aliphatic carbocycles. The molecule has 15 nitrogen and oxygen atoms in total. The SMILES string of the molecule is CC(=O)NC1[C@@H]2CC[C@H]1CN(c1nnc(-c3cnc(-c4ccc5cnc(N[C@@H]6CCCC[C@@H]6NC(=O)OC(C)(C)C)nn45)cc3N[C@H](C)C#N)s1)C2. The van der Waals surface area contributed by atoms with Gasteiger partial charge in [-0.2, -0.15) is 5.26 Å². The molecule has 2 saturated carbocycles. The molecule has 5 heterocycles. The number of pyridine rings is 1. The van der Waals surface area contributed by atoms with Crippen molar-refractivity contribution in [3.8, 4) is 28.0 Å². The van der Waals surface area contributed by atoms with Gasteiger partial charge in [0.25, 0.3) is 0 Å². The fourth-order valence-electron chi connectivity index (χ4n) is 7.72. The zero-order chi connectivity index (χ0) is 36.6. The number of hydrogen-bond acceptors (Lipinski definition) is 13. The number of aromatic nitrogens is 6. The molecule has 6 atom stereocenters. The summed E-state index contributed by atoms with van der Waals surface area (Å²) >= 11 is 1.50. The lowest BCUT2D eigenvalue weighted by Gasteiger charge is -2.37. The van der Waals surface area contributed by atoms with Crippen LogP contribution in [0.3, 0.4) is 0 Å². The van der Waals surface area contributed by atoms with Gasteiger partial charge in [-0.25, -0.2) is 14.3 Å². The Bertz CT molecular complexity index is 1970. The van der Waals surface area contributed by atoms with E-state index in [0.717, 1.165) is 73.5 Å². The highest BCUT2D eigenvalue weighted by Crippen LogP contribution is 2.41. The van der Waals surface area contributed by atoms with E-state index < -0.39 is 17.7 Å². The summed E-state index contributed by atoms with van der Waals surface area (Å²) in [6.45, 7) is 10.6. The Kier molecular flexibility index (Phi) is 9.88. The van der Waals surface area contributed by atoms with Crippen molar-refractivity contribution in [2.45, 2.75) is 103 Å². The molecular weight excluding hydrogens is 681 g/mol. The molecule has 4 N–H and O–H groups in total. The first-order chi connectivity index (χ1) is 24.9. The molecule has 274 valence electrons. The van der Waals surface area contributed by atoms with Crippen molar-refractivity contribution >= 4 is 45.6 Å². The van der Waals surface area contributed by atoms with Gasteiger partial charge in [-0.05, 0) is 83.4 Å². The highest BCUT2D eigenvalue weighted by atomic mass is 32.1. The van der Waals surface area contributed by atoms with Gasteiger partial charge in [0, 0.05) is 44.0 Å². The largest absolute Gasteiger partial charge is 0.444 e. The second kappa shape index (κ2) is 14.5. The van der Waals surface area contributed by atoms with Gasteiger partial charge >= 0.3 is 6.09 Å². The highest BCUT2D eigenvalue weighted by molar-refractivity contribution is 7.18. The molecule has 0 radical (unpaired) electrons. The number of carbonyl (C=O) groups is 2. The van der Waals surface area contributed by atoms with Gasteiger partial charge in [0.1, 0.15) is 11.6 Å². The Hall–Kier alpha value is -5.04. The summed E-state index contributed by atoms with van der Waals surface area (Å²) < 4.78 is 7.32. The maximum Gasteiger partial charge on any atom is 0.407 e. The fraction of sp³-hybridized carbons (Fsp3) is 0.556. The quantitative estimate of drug-likeness (QED) is 0.176. The monoisotopic (exact) mass is 726 g/mol. The molecule has 0 aromatic carbocycles. The van der Waals surface area contributed by atoms with Gasteiger partial charge in [0.2, 0.25) is 17.0 Å². The van der Waals surface area contributed by atoms with Crippen molar-refractivity contribution in [1.29, 1.82) is 5.26 Å². The summed E-state index contributed by atoms with van der Waals surface area (Å²) in [7, 11) is 0. The summed E-state index contributed by atoms with van der Waals surface area (Å²) in [5.41, 5.74) is 3.09. The van der Waals surface area contributed by atoms with Crippen LogP contribution in [0.2, 0.25) is 0 Å². The van der Waals surface area contributed by atoms with Gasteiger partial charge in [-0.3, -0.25) is 9.78 Å². The Morgan fingerprint density at radius 2 is 1.77 bits per heavy atom. The minimum atomic E-state index is -0.581. The van der Waals surface area contributed by atoms with E-state index in [4.69, 9.17) is 14.8 Å². The first-order valence-electron chi connectivity index (χ1n) is 18.1. The minimum Gasteiger partial charge on any atom is -0.444 e. The number of fused-ring (bicyclic) bond motifs is 3. The van der Waals surface area contributed by atoms with Gasteiger partial charge in [0.05, 0.1) is 40.8 Å². The second-order valence-corrected chi connectivity index (χ2v) is 16.1. The lowest BCUT2D eigenvalue weighted by Crippen LogP contribution is -2.52. The summed E-state index contributed by atoms with van der Waals surface area (Å²) in [4.78, 5) is 36.1. The van der Waals surface area contributed by atoms with E-state index in [-0.39, 0.29) is 24.0 Å². The summed E-state index contributed by atoms with van der Waals surface area (Å²) in [5.74, 6) is 1.24. The third kappa shape index (κ3) is 7.74. The lowest BCUT2D eigenvalue weighted by atomic mass is 9.90. The smallest absolute Gasteiger partial charge is 0.407 e. The van der Waals surface area contributed by atoms with Crippen LogP contribution in [0.1, 0.15) is 73.1 Å². The predicted molar refractivity (Wildman–Crippen MR) is 199 cm³/mol. The molecule has 4 aromatic heterocycles. The van der Waals surface area contributed by atoms with E-state index in [0.29, 0.717) is 34.2 Å². The molecule has 2 amide bonds. The number of piperidine rings is 1. The molecule has 3 fully saturated rings. The number of alkyl carbamates (subject to hydrolysis) is 1. The number of nitriles is 1. The Labute approximate surface area is 307 Å². The molecule has 1 unspecified atom stereocenters. The van der Waals surface area contributed by atoms with Crippen molar-refractivity contribution in [3.63, 3.8) is 0 Å². The zero-order valence-corrected chi connectivity index (χ0v) is 31.0. The van der Waals surface area contributed by atoms with E-state index in [2.05, 4.69) is 47.4 Å². The van der Waals surface area contributed by atoms with E-state index in [1.165, 1.54) is 11.3 Å². The lowest BCUT2D eigenvalue weighted by molar-refractivity contribution is -0.120. The summed E-state index contributed by atoms with van der Waals surface area (Å²) in [5, 5.41) is 38.2. The molecule has 1 saturated heterocycles. The second-order valence-electron chi connectivity index (χ2n) is 15.2. The van der Waals surface area contributed by atoms with E-state index >= 15 is 0 Å². The summed E-state index contributed by atoms with van der Waals surface area (Å²) in [6, 6.07) is 7.64. The number of hydrogen-bond donors (Lipinski definition) is 4. The average molecular weight is 727 g/mol. The third-order valence-corrected chi connectivity index (χ3v) is 11.0.